The van der Waals surface area contributed by atoms with Crippen LogP contribution in [-0.2, 0) is 6.54 Å². The second-order valence-electron chi connectivity index (χ2n) is 5.06. The molecule has 2 rings (SSSR count). The summed E-state index contributed by atoms with van der Waals surface area (Å²) >= 11 is 8.14. The first-order valence-corrected chi connectivity index (χ1v) is 8.32. The normalized spacial score (nSPS) is 14.8. The molecule has 2 heterocycles. The van der Waals surface area contributed by atoms with E-state index in [-0.39, 0.29) is 5.38 Å². The minimum atomic E-state index is -0.102. The van der Waals surface area contributed by atoms with Gasteiger partial charge in [-0.05, 0) is 43.4 Å². The van der Waals surface area contributed by atoms with Crippen molar-refractivity contribution in [2.45, 2.75) is 32.7 Å². The Kier molecular flexibility index (Phi) is 4.74. The van der Waals surface area contributed by atoms with Crippen LogP contribution >= 0.6 is 23.4 Å². The highest BCUT2D eigenvalue weighted by Gasteiger charge is 2.18. The average molecular weight is 298 g/mol. The van der Waals surface area contributed by atoms with Crippen LogP contribution < -0.4 is 0 Å². The molecular formula is C14H20ClN3S. The van der Waals surface area contributed by atoms with Crippen molar-refractivity contribution >= 4 is 34.5 Å². The molecule has 19 heavy (non-hydrogen) atoms. The van der Waals surface area contributed by atoms with Gasteiger partial charge in [0.15, 0.2) is 5.65 Å². The molecule has 0 bridgehead atoms. The third-order valence-electron chi connectivity index (χ3n) is 3.17. The number of fused-ring (bicyclic) bond motifs is 1. The van der Waals surface area contributed by atoms with E-state index in [9.17, 15) is 0 Å². The molecular weight excluding hydrogens is 278 g/mol. The molecule has 2 atom stereocenters. The van der Waals surface area contributed by atoms with E-state index in [1.165, 1.54) is 0 Å². The fourth-order valence-corrected chi connectivity index (χ4v) is 3.13. The van der Waals surface area contributed by atoms with Gasteiger partial charge in [0.25, 0.3) is 0 Å². The van der Waals surface area contributed by atoms with Crippen LogP contribution in [0.1, 0.15) is 30.6 Å². The van der Waals surface area contributed by atoms with Crippen LogP contribution in [-0.4, -0.2) is 26.5 Å². The molecule has 2 aromatic heterocycles. The van der Waals surface area contributed by atoms with Crippen LogP contribution in [0.2, 0.25) is 0 Å². The van der Waals surface area contributed by atoms with Gasteiger partial charge in [-0.2, -0.15) is 11.8 Å². The summed E-state index contributed by atoms with van der Waals surface area (Å²) in [7, 11) is 0. The monoisotopic (exact) mass is 297 g/mol. The summed E-state index contributed by atoms with van der Waals surface area (Å²) in [6.45, 7) is 7.20. The lowest BCUT2D eigenvalue weighted by Gasteiger charge is -2.14. The molecule has 0 spiro atoms. The van der Waals surface area contributed by atoms with Crippen molar-refractivity contribution in [2.24, 2.45) is 5.92 Å². The second-order valence-corrected chi connectivity index (χ2v) is 6.62. The molecule has 0 fully saturated rings. The maximum absolute atomic E-state index is 6.28. The van der Waals surface area contributed by atoms with Crippen LogP contribution in [0, 0.1) is 12.8 Å². The summed E-state index contributed by atoms with van der Waals surface area (Å²) in [4.78, 5) is 9.18. The number of nitrogens with zero attached hydrogens (tertiary/aromatic N) is 3. The molecule has 3 nitrogen and oxygen atoms in total. The van der Waals surface area contributed by atoms with Crippen LogP contribution in [0.3, 0.4) is 0 Å². The van der Waals surface area contributed by atoms with Crippen molar-refractivity contribution in [3.8, 4) is 0 Å². The van der Waals surface area contributed by atoms with Crippen molar-refractivity contribution in [1.29, 1.82) is 0 Å². The molecule has 2 unspecified atom stereocenters. The first kappa shape index (κ1) is 14.7. The van der Waals surface area contributed by atoms with Crippen molar-refractivity contribution in [3.05, 3.63) is 23.7 Å². The predicted octanol–water partition coefficient (Wildman–Crippen LogP) is 4.04. The number of hydrogen-bond acceptors (Lipinski definition) is 3. The van der Waals surface area contributed by atoms with Gasteiger partial charge >= 0.3 is 0 Å². The van der Waals surface area contributed by atoms with Crippen LogP contribution in [0.25, 0.3) is 11.2 Å². The summed E-state index contributed by atoms with van der Waals surface area (Å²) in [5, 5.41) is -0.102. The zero-order valence-corrected chi connectivity index (χ0v) is 13.4. The van der Waals surface area contributed by atoms with Gasteiger partial charge in [0.1, 0.15) is 11.3 Å². The summed E-state index contributed by atoms with van der Waals surface area (Å²) < 4.78 is 2.18. The molecule has 0 saturated heterocycles. The lowest BCUT2D eigenvalue weighted by molar-refractivity contribution is 0.522. The SMILES string of the molecule is CSCC(C)Cn1c(C(C)Cl)nc2c(C)ccnc21. The first-order chi connectivity index (χ1) is 9.04. The number of imidazole rings is 1. The van der Waals surface area contributed by atoms with E-state index in [0.717, 1.165) is 34.8 Å². The Morgan fingerprint density at radius 1 is 1.42 bits per heavy atom. The van der Waals surface area contributed by atoms with Gasteiger partial charge in [0, 0.05) is 12.7 Å². The van der Waals surface area contributed by atoms with Gasteiger partial charge < -0.3 is 4.57 Å². The number of aromatic nitrogens is 3. The number of hydrogen-bond donors (Lipinski definition) is 0. The summed E-state index contributed by atoms with van der Waals surface area (Å²) in [5.74, 6) is 2.62. The highest BCUT2D eigenvalue weighted by atomic mass is 35.5. The number of alkyl halides is 1. The molecule has 5 heteroatoms. The van der Waals surface area contributed by atoms with E-state index in [4.69, 9.17) is 11.6 Å². The molecule has 0 amide bonds. The van der Waals surface area contributed by atoms with Crippen molar-refractivity contribution < 1.29 is 0 Å². The number of pyridine rings is 1. The Hall–Kier alpha value is -0.740. The molecule has 0 radical (unpaired) electrons. The van der Waals surface area contributed by atoms with Gasteiger partial charge in [-0.25, -0.2) is 9.97 Å². The Bertz CT molecular complexity index is 565. The number of halogens is 1. The fraction of sp³-hybridized carbons (Fsp3) is 0.571. The minimum absolute atomic E-state index is 0.102. The quantitative estimate of drug-likeness (QED) is 0.780. The summed E-state index contributed by atoms with van der Waals surface area (Å²) in [6.07, 6.45) is 3.98. The zero-order chi connectivity index (χ0) is 14.0. The Balaban J connectivity index is 2.49. The standard InChI is InChI=1S/C14H20ClN3S/c1-9(8-19-4)7-18-13(11(3)15)17-12-10(2)5-6-16-14(12)18/h5-6,9,11H,7-8H2,1-4H3. The second kappa shape index (κ2) is 6.14. The number of rotatable bonds is 5. The number of aryl methyl sites for hydroxylation is 1. The fourth-order valence-electron chi connectivity index (χ4n) is 2.29. The summed E-state index contributed by atoms with van der Waals surface area (Å²) in [6, 6.07) is 1.99. The van der Waals surface area contributed by atoms with Crippen LogP contribution in [0.4, 0.5) is 0 Å². The van der Waals surface area contributed by atoms with E-state index in [0.29, 0.717) is 5.92 Å². The third-order valence-corrected chi connectivity index (χ3v) is 4.26. The molecule has 0 aliphatic rings. The first-order valence-electron chi connectivity index (χ1n) is 6.49. The maximum atomic E-state index is 6.28. The number of thioether (sulfide) groups is 1. The van der Waals surface area contributed by atoms with Crippen LogP contribution in [0.15, 0.2) is 12.3 Å². The topological polar surface area (TPSA) is 30.7 Å². The molecule has 2 aromatic rings. The lowest BCUT2D eigenvalue weighted by Crippen LogP contribution is -2.13. The Labute approximate surface area is 123 Å². The molecule has 0 saturated carbocycles. The lowest BCUT2D eigenvalue weighted by atomic mass is 10.2. The Morgan fingerprint density at radius 3 is 2.79 bits per heavy atom. The maximum Gasteiger partial charge on any atom is 0.160 e. The molecule has 0 aliphatic carbocycles. The highest BCUT2D eigenvalue weighted by Crippen LogP contribution is 2.26. The molecule has 0 N–H and O–H groups in total. The highest BCUT2D eigenvalue weighted by molar-refractivity contribution is 7.98. The van der Waals surface area contributed by atoms with E-state index in [1.54, 1.807) is 0 Å². The largest absolute Gasteiger partial charge is 0.311 e. The minimum Gasteiger partial charge on any atom is -0.311 e. The van der Waals surface area contributed by atoms with Crippen molar-refractivity contribution in [2.75, 3.05) is 12.0 Å². The van der Waals surface area contributed by atoms with E-state index >= 15 is 0 Å². The average Bonchev–Trinajstić information content (AvgIpc) is 2.70. The molecule has 104 valence electrons. The van der Waals surface area contributed by atoms with Crippen molar-refractivity contribution in [3.63, 3.8) is 0 Å². The van der Waals surface area contributed by atoms with E-state index in [1.807, 2.05) is 30.9 Å². The smallest absolute Gasteiger partial charge is 0.160 e. The van der Waals surface area contributed by atoms with Gasteiger partial charge in [0.2, 0.25) is 0 Å². The Morgan fingerprint density at radius 2 is 2.16 bits per heavy atom. The third kappa shape index (κ3) is 3.06. The van der Waals surface area contributed by atoms with E-state index < -0.39 is 0 Å². The summed E-state index contributed by atoms with van der Waals surface area (Å²) in [5.41, 5.74) is 3.08. The van der Waals surface area contributed by atoms with Gasteiger partial charge in [0.05, 0.1) is 5.38 Å². The predicted molar refractivity (Wildman–Crippen MR) is 84.1 cm³/mol. The van der Waals surface area contributed by atoms with Crippen LogP contribution in [0.5, 0.6) is 0 Å². The molecule has 0 aliphatic heterocycles. The van der Waals surface area contributed by atoms with Gasteiger partial charge in [-0.1, -0.05) is 6.92 Å². The van der Waals surface area contributed by atoms with Crippen molar-refractivity contribution in [1.82, 2.24) is 14.5 Å². The van der Waals surface area contributed by atoms with Gasteiger partial charge in [-0.15, -0.1) is 11.6 Å². The van der Waals surface area contributed by atoms with E-state index in [2.05, 4.69) is 34.6 Å². The van der Waals surface area contributed by atoms with Gasteiger partial charge in [-0.3, -0.25) is 0 Å². The molecule has 0 aromatic carbocycles. The zero-order valence-electron chi connectivity index (χ0n) is 11.9.